The summed E-state index contributed by atoms with van der Waals surface area (Å²) in [6.07, 6.45) is 1.97. The van der Waals surface area contributed by atoms with Crippen LogP contribution in [0, 0.1) is 6.92 Å². The van der Waals surface area contributed by atoms with Gasteiger partial charge in [-0.15, -0.1) is 0 Å². The third kappa shape index (κ3) is 1.20. The summed E-state index contributed by atoms with van der Waals surface area (Å²) in [5, 5.41) is 3.77. The van der Waals surface area contributed by atoms with Crippen LogP contribution in [0.5, 0.6) is 0 Å². The molecule has 0 saturated heterocycles. The highest BCUT2D eigenvalue weighted by molar-refractivity contribution is 6.06. The molecule has 15 heavy (non-hydrogen) atoms. The Bertz CT molecular complexity index is 641. The Morgan fingerprint density at radius 1 is 0.800 bits per heavy atom. The summed E-state index contributed by atoms with van der Waals surface area (Å²) >= 11 is 0. The molecule has 0 amide bonds. The van der Waals surface area contributed by atoms with Gasteiger partial charge in [0.05, 0.1) is 5.52 Å². The number of aryl methyl sites for hydroxylation is 1. The summed E-state index contributed by atoms with van der Waals surface area (Å²) in [5.74, 6) is 0. The number of hydrogen-bond acceptors (Lipinski definition) is 1. The lowest BCUT2D eigenvalue weighted by atomic mass is 10.0. The van der Waals surface area contributed by atoms with Crippen molar-refractivity contribution in [1.82, 2.24) is 4.98 Å². The molecule has 0 radical (unpaired) electrons. The van der Waals surface area contributed by atoms with Crippen molar-refractivity contribution in [2.45, 2.75) is 6.92 Å². The van der Waals surface area contributed by atoms with Gasteiger partial charge < -0.3 is 0 Å². The minimum Gasteiger partial charge on any atom is -0.256 e. The zero-order chi connectivity index (χ0) is 10.3. The van der Waals surface area contributed by atoms with Crippen LogP contribution in [0.25, 0.3) is 21.7 Å². The maximum absolute atomic E-state index is 4.47. The third-order valence-electron chi connectivity index (χ3n) is 2.85. The van der Waals surface area contributed by atoms with Crippen molar-refractivity contribution in [3.8, 4) is 0 Å². The Morgan fingerprint density at radius 3 is 2.53 bits per heavy atom. The molecule has 1 aromatic heterocycles. The SMILES string of the molecule is Cc1cccc2c1cnc1ccccc12. The van der Waals surface area contributed by atoms with Crippen LogP contribution in [0.4, 0.5) is 0 Å². The number of fused-ring (bicyclic) bond motifs is 3. The lowest BCUT2D eigenvalue weighted by molar-refractivity contribution is 1.42. The van der Waals surface area contributed by atoms with Gasteiger partial charge in [-0.25, -0.2) is 0 Å². The van der Waals surface area contributed by atoms with E-state index >= 15 is 0 Å². The highest BCUT2D eigenvalue weighted by atomic mass is 14.6. The molecule has 72 valence electrons. The molecule has 0 atom stereocenters. The number of hydrogen-bond donors (Lipinski definition) is 0. The van der Waals surface area contributed by atoms with Crippen molar-refractivity contribution in [2.24, 2.45) is 0 Å². The van der Waals surface area contributed by atoms with Gasteiger partial charge in [0.2, 0.25) is 0 Å². The molecule has 1 heteroatoms. The Balaban J connectivity index is 2.60. The van der Waals surface area contributed by atoms with Gasteiger partial charge >= 0.3 is 0 Å². The number of nitrogens with zero attached hydrogens (tertiary/aromatic N) is 1. The van der Waals surface area contributed by atoms with Gasteiger partial charge in [0.25, 0.3) is 0 Å². The zero-order valence-electron chi connectivity index (χ0n) is 8.57. The Kier molecular flexibility index (Phi) is 1.72. The molecular weight excluding hydrogens is 182 g/mol. The van der Waals surface area contributed by atoms with Gasteiger partial charge in [-0.05, 0) is 23.9 Å². The van der Waals surface area contributed by atoms with Crippen LogP contribution in [-0.2, 0) is 0 Å². The number of rotatable bonds is 0. The lowest BCUT2D eigenvalue weighted by Crippen LogP contribution is -1.83. The van der Waals surface area contributed by atoms with Crippen LogP contribution in [0.15, 0.2) is 48.7 Å². The van der Waals surface area contributed by atoms with Gasteiger partial charge in [0.1, 0.15) is 0 Å². The molecule has 3 aromatic rings. The summed E-state index contributed by atoms with van der Waals surface area (Å²) < 4.78 is 0. The van der Waals surface area contributed by atoms with Crippen LogP contribution < -0.4 is 0 Å². The van der Waals surface area contributed by atoms with Gasteiger partial charge in [-0.2, -0.15) is 0 Å². The van der Waals surface area contributed by atoms with Crippen molar-refractivity contribution in [1.29, 1.82) is 0 Å². The first-order valence-corrected chi connectivity index (χ1v) is 5.09. The van der Waals surface area contributed by atoms with E-state index in [1.165, 1.54) is 21.7 Å². The molecule has 0 aliphatic heterocycles. The molecule has 0 saturated carbocycles. The predicted octanol–water partition coefficient (Wildman–Crippen LogP) is 3.70. The maximum Gasteiger partial charge on any atom is 0.0708 e. The van der Waals surface area contributed by atoms with E-state index in [4.69, 9.17) is 0 Å². The van der Waals surface area contributed by atoms with E-state index in [9.17, 15) is 0 Å². The van der Waals surface area contributed by atoms with Gasteiger partial charge in [-0.1, -0.05) is 36.4 Å². The summed E-state index contributed by atoms with van der Waals surface area (Å²) in [5.41, 5.74) is 2.35. The van der Waals surface area contributed by atoms with Gasteiger partial charge in [0, 0.05) is 17.0 Å². The molecular formula is C14H11N. The Hall–Kier alpha value is -1.89. The van der Waals surface area contributed by atoms with Crippen LogP contribution in [0.2, 0.25) is 0 Å². The van der Waals surface area contributed by atoms with Crippen LogP contribution >= 0.6 is 0 Å². The maximum atomic E-state index is 4.47. The summed E-state index contributed by atoms with van der Waals surface area (Å²) in [4.78, 5) is 4.47. The molecule has 0 aliphatic rings. The first-order chi connectivity index (χ1) is 7.36. The van der Waals surface area contributed by atoms with Crippen molar-refractivity contribution < 1.29 is 0 Å². The second-order valence-electron chi connectivity index (χ2n) is 3.81. The average molecular weight is 193 g/mol. The molecule has 3 rings (SSSR count). The van der Waals surface area contributed by atoms with E-state index in [1.54, 1.807) is 0 Å². The van der Waals surface area contributed by atoms with Crippen molar-refractivity contribution in [3.05, 3.63) is 54.2 Å². The summed E-state index contributed by atoms with van der Waals surface area (Å²) in [6, 6.07) is 14.7. The fraction of sp³-hybridized carbons (Fsp3) is 0.0714. The molecule has 0 fully saturated rings. The smallest absolute Gasteiger partial charge is 0.0708 e. The number of benzene rings is 2. The number of para-hydroxylation sites is 1. The monoisotopic (exact) mass is 193 g/mol. The van der Waals surface area contributed by atoms with E-state index < -0.39 is 0 Å². The first kappa shape index (κ1) is 8.42. The topological polar surface area (TPSA) is 12.9 Å². The number of aromatic nitrogens is 1. The van der Waals surface area contributed by atoms with Crippen molar-refractivity contribution in [2.75, 3.05) is 0 Å². The zero-order valence-corrected chi connectivity index (χ0v) is 8.57. The molecule has 1 nitrogen and oxygen atoms in total. The lowest BCUT2D eigenvalue weighted by Gasteiger charge is -2.04. The first-order valence-electron chi connectivity index (χ1n) is 5.09. The summed E-state index contributed by atoms with van der Waals surface area (Å²) in [7, 11) is 0. The molecule has 2 aromatic carbocycles. The fourth-order valence-corrected chi connectivity index (χ4v) is 2.03. The van der Waals surface area contributed by atoms with Crippen LogP contribution in [-0.4, -0.2) is 4.98 Å². The minimum atomic E-state index is 1.07. The molecule has 0 bridgehead atoms. The van der Waals surface area contributed by atoms with Gasteiger partial charge in [-0.3, -0.25) is 4.98 Å². The highest BCUT2D eigenvalue weighted by Gasteiger charge is 2.01. The molecule has 0 unspecified atom stereocenters. The molecule has 0 aliphatic carbocycles. The predicted molar refractivity (Wildman–Crippen MR) is 64.0 cm³/mol. The normalized spacial score (nSPS) is 11.0. The van der Waals surface area contributed by atoms with Crippen LogP contribution in [0.3, 0.4) is 0 Å². The van der Waals surface area contributed by atoms with Crippen LogP contribution in [0.1, 0.15) is 5.56 Å². The van der Waals surface area contributed by atoms with E-state index in [2.05, 4.69) is 48.3 Å². The largest absolute Gasteiger partial charge is 0.256 e. The standard InChI is InChI=1S/C14H11N/c1-10-5-4-7-11-12-6-2-3-8-14(12)15-9-13(10)11/h2-9H,1H3. The summed E-state index contributed by atoms with van der Waals surface area (Å²) in [6.45, 7) is 2.12. The molecule has 0 N–H and O–H groups in total. The van der Waals surface area contributed by atoms with Crippen molar-refractivity contribution >= 4 is 21.7 Å². The molecule has 0 spiro atoms. The average Bonchev–Trinajstić information content (AvgIpc) is 2.29. The molecule has 1 heterocycles. The second kappa shape index (κ2) is 3.06. The fourth-order valence-electron chi connectivity index (χ4n) is 2.03. The third-order valence-corrected chi connectivity index (χ3v) is 2.85. The second-order valence-corrected chi connectivity index (χ2v) is 3.81. The van der Waals surface area contributed by atoms with Gasteiger partial charge in [0.15, 0.2) is 0 Å². The minimum absolute atomic E-state index is 1.07. The Morgan fingerprint density at radius 2 is 1.60 bits per heavy atom. The quantitative estimate of drug-likeness (QED) is 0.496. The van der Waals surface area contributed by atoms with E-state index in [0.717, 1.165) is 5.52 Å². The number of pyridine rings is 1. The van der Waals surface area contributed by atoms with E-state index in [0.29, 0.717) is 0 Å². The van der Waals surface area contributed by atoms with E-state index in [1.807, 2.05) is 12.3 Å². The Labute approximate surface area is 88.4 Å². The van der Waals surface area contributed by atoms with Crippen molar-refractivity contribution in [3.63, 3.8) is 0 Å². The van der Waals surface area contributed by atoms with E-state index in [-0.39, 0.29) is 0 Å². The highest BCUT2D eigenvalue weighted by Crippen LogP contribution is 2.24.